The number of nitrogens with two attached hydrogens (primary N) is 1. The van der Waals surface area contributed by atoms with E-state index in [2.05, 4.69) is 10.4 Å². The van der Waals surface area contributed by atoms with E-state index in [9.17, 15) is 4.79 Å². The van der Waals surface area contributed by atoms with Gasteiger partial charge in [-0.3, -0.25) is 9.48 Å². The van der Waals surface area contributed by atoms with Gasteiger partial charge in [-0.15, -0.1) is 0 Å². The minimum atomic E-state index is -0.0523. The Hall–Kier alpha value is -2.14. The molecule has 0 aliphatic rings. The van der Waals surface area contributed by atoms with Gasteiger partial charge in [0.25, 0.3) is 0 Å². The highest BCUT2D eigenvalue weighted by molar-refractivity contribution is 5.91. The van der Waals surface area contributed by atoms with Crippen LogP contribution in [-0.4, -0.2) is 15.7 Å². The topological polar surface area (TPSA) is 72.9 Å². The summed E-state index contributed by atoms with van der Waals surface area (Å²) in [6.45, 7) is 2.40. The minimum Gasteiger partial charge on any atom is -0.326 e. The summed E-state index contributed by atoms with van der Waals surface area (Å²) in [5.74, 6) is 0.657. The van der Waals surface area contributed by atoms with E-state index >= 15 is 0 Å². The van der Waals surface area contributed by atoms with Crippen LogP contribution in [0.4, 0.5) is 5.82 Å². The normalized spacial score (nSPS) is 10.5. The van der Waals surface area contributed by atoms with E-state index in [-0.39, 0.29) is 5.91 Å². The Labute approximate surface area is 112 Å². The third-order valence-corrected chi connectivity index (χ3v) is 2.89. The number of nitrogens with one attached hydrogen (secondary N) is 1. The lowest BCUT2D eigenvalue weighted by Gasteiger charge is -2.05. The average Bonchev–Trinajstić information content (AvgIpc) is 2.68. The number of aromatic nitrogens is 2. The standard InChI is InChI=1S/C14H18N4O/c1-10-7-13(18(2)17-10)16-14(19)8-11-3-5-12(9-15)6-4-11/h3-7H,8-9,15H2,1-2H3,(H,16,19). The number of amides is 1. The third kappa shape index (κ3) is 3.42. The molecule has 0 radical (unpaired) electrons. The van der Waals surface area contributed by atoms with Gasteiger partial charge in [-0.05, 0) is 18.1 Å². The first-order valence-electron chi connectivity index (χ1n) is 6.17. The second-order valence-corrected chi connectivity index (χ2v) is 4.54. The first-order chi connectivity index (χ1) is 9.08. The van der Waals surface area contributed by atoms with Crippen LogP contribution in [0.1, 0.15) is 16.8 Å². The van der Waals surface area contributed by atoms with Crippen LogP contribution in [0.5, 0.6) is 0 Å². The number of hydrogen-bond acceptors (Lipinski definition) is 3. The van der Waals surface area contributed by atoms with Gasteiger partial charge in [0, 0.05) is 19.7 Å². The molecule has 3 N–H and O–H groups in total. The van der Waals surface area contributed by atoms with Crippen molar-refractivity contribution in [3.05, 3.63) is 47.2 Å². The Bertz CT molecular complexity index is 572. The summed E-state index contributed by atoms with van der Waals surface area (Å²) in [6.07, 6.45) is 0.342. The number of rotatable bonds is 4. The highest BCUT2D eigenvalue weighted by atomic mass is 16.1. The summed E-state index contributed by atoms with van der Waals surface area (Å²) in [5.41, 5.74) is 8.44. The van der Waals surface area contributed by atoms with Gasteiger partial charge in [0.1, 0.15) is 5.82 Å². The summed E-state index contributed by atoms with van der Waals surface area (Å²) in [4.78, 5) is 11.9. The van der Waals surface area contributed by atoms with E-state index in [4.69, 9.17) is 5.73 Å². The fraction of sp³-hybridized carbons (Fsp3) is 0.286. The van der Waals surface area contributed by atoms with Gasteiger partial charge < -0.3 is 11.1 Å². The van der Waals surface area contributed by atoms with Crippen molar-refractivity contribution >= 4 is 11.7 Å². The van der Waals surface area contributed by atoms with Crippen LogP contribution >= 0.6 is 0 Å². The molecule has 5 nitrogen and oxygen atoms in total. The molecule has 0 aliphatic carbocycles. The van der Waals surface area contributed by atoms with Crippen LogP contribution in [0.3, 0.4) is 0 Å². The molecule has 1 aromatic heterocycles. The Kier molecular flexibility index (Phi) is 3.97. The maximum atomic E-state index is 11.9. The maximum Gasteiger partial charge on any atom is 0.229 e. The molecule has 0 atom stereocenters. The van der Waals surface area contributed by atoms with Gasteiger partial charge >= 0.3 is 0 Å². The molecule has 0 unspecified atom stereocenters. The molecule has 2 rings (SSSR count). The van der Waals surface area contributed by atoms with E-state index < -0.39 is 0 Å². The van der Waals surface area contributed by atoms with E-state index in [0.717, 1.165) is 16.8 Å². The van der Waals surface area contributed by atoms with Crippen LogP contribution in [-0.2, 0) is 24.8 Å². The highest BCUT2D eigenvalue weighted by Crippen LogP contribution is 2.10. The van der Waals surface area contributed by atoms with Crippen LogP contribution in [0, 0.1) is 6.92 Å². The number of aryl methyl sites for hydroxylation is 2. The molecule has 2 aromatic rings. The maximum absolute atomic E-state index is 11.9. The number of carbonyl (C=O) groups is 1. The molecule has 1 amide bonds. The molecule has 19 heavy (non-hydrogen) atoms. The lowest BCUT2D eigenvalue weighted by atomic mass is 10.1. The number of carbonyl (C=O) groups excluding carboxylic acids is 1. The molecule has 100 valence electrons. The van der Waals surface area contributed by atoms with Crippen molar-refractivity contribution in [2.24, 2.45) is 12.8 Å². The van der Waals surface area contributed by atoms with Gasteiger partial charge in [-0.1, -0.05) is 24.3 Å². The van der Waals surface area contributed by atoms with Crippen molar-refractivity contribution < 1.29 is 4.79 Å². The van der Waals surface area contributed by atoms with E-state index in [1.54, 1.807) is 11.7 Å². The molecule has 0 bridgehead atoms. The van der Waals surface area contributed by atoms with Crippen molar-refractivity contribution in [2.45, 2.75) is 19.9 Å². The van der Waals surface area contributed by atoms with Gasteiger partial charge in [0.15, 0.2) is 0 Å². The van der Waals surface area contributed by atoms with Crippen LogP contribution < -0.4 is 11.1 Å². The van der Waals surface area contributed by atoms with Gasteiger partial charge in [-0.2, -0.15) is 5.10 Å². The first kappa shape index (κ1) is 13.3. The number of nitrogens with zero attached hydrogens (tertiary/aromatic N) is 2. The highest BCUT2D eigenvalue weighted by Gasteiger charge is 2.07. The fourth-order valence-electron chi connectivity index (χ4n) is 1.89. The largest absolute Gasteiger partial charge is 0.326 e. The average molecular weight is 258 g/mol. The van der Waals surface area contributed by atoms with E-state index in [0.29, 0.717) is 18.8 Å². The van der Waals surface area contributed by atoms with Crippen molar-refractivity contribution in [3.8, 4) is 0 Å². The summed E-state index contributed by atoms with van der Waals surface area (Å²) < 4.78 is 1.66. The Morgan fingerprint density at radius 1 is 1.32 bits per heavy atom. The zero-order valence-corrected chi connectivity index (χ0v) is 11.2. The molecule has 0 spiro atoms. The lowest BCUT2D eigenvalue weighted by Crippen LogP contribution is -2.16. The lowest BCUT2D eigenvalue weighted by molar-refractivity contribution is -0.115. The molecule has 1 heterocycles. The number of benzene rings is 1. The SMILES string of the molecule is Cc1cc(NC(=O)Cc2ccc(CN)cc2)n(C)n1. The van der Waals surface area contributed by atoms with Crippen LogP contribution in [0.2, 0.25) is 0 Å². The number of hydrogen-bond donors (Lipinski definition) is 2. The van der Waals surface area contributed by atoms with Crippen molar-refractivity contribution in [1.82, 2.24) is 9.78 Å². The molecular formula is C14H18N4O. The fourth-order valence-corrected chi connectivity index (χ4v) is 1.89. The first-order valence-corrected chi connectivity index (χ1v) is 6.17. The van der Waals surface area contributed by atoms with Crippen molar-refractivity contribution in [1.29, 1.82) is 0 Å². The predicted molar refractivity (Wildman–Crippen MR) is 74.6 cm³/mol. The Balaban J connectivity index is 1.99. The smallest absolute Gasteiger partial charge is 0.229 e. The predicted octanol–water partition coefficient (Wildman–Crippen LogP) is 1.37. The second-order valence-electron chi connectivity index (χ2n) is 4.54. The zero-order chi connectivity index (χ0) is 13.8. The summed E-state index contributed by atoms with van der Waals surface area (Å²) in [6, 6.07) is 9.58. The zero-order valence-electron chi connectivity index (χ0n) is 11.2. The van der Waals surface area contributed by atoms with E-state index in [1.165, 1.54) is 0 Å². The monoisotopic (exact) mass is 258 g/mol. The molecule has 0 fully saturated rings. The summed E-state index contributed by atoms with van der Waals surface area (Å²) >= 11 is 0. The number of anilines is 1. The Morgan fingerprint density at radius 2 is 1.95 bits per heavy atom. The van der Waals surface area contributed by atoms with Gasteiger partial charge in [0.2, 0.25) is 5.91 Å². The molecule has 0 saturated carbocycles. The third-order valence-electron chi connectivity index (χ3n) is 2.89. The van der Waals surface area contributed by atoms with Crippen molar-refractivity contribution in [3.63, 3.8) is 0 Å². The molecule has 5 heteroatoms. The molecule has 1 aromatic carbocycles. The molecular weight excluding hydrogens is 240 g/mol. The van der Waals surface area contributed by atoms with E-state index in [1.807, 2.05) is 37.3 Å². The second kappa shape index (κ2) is 5.67. The minimum absolute atomic E-state index is 0.0523. The molecule has 0 aliphatic heterocycles. The van der Waals surface area contributed by atoms with Gasteiger partial charge in [-0.25, -0.2) is 0 Å². The van der Waals surface area contributed by atoms with Crippen molar-refractivity contribution in [2.75, 3.05) is 5.32 Å². The van der Waals surface area contributed by atoms with Crippen LogP contribution in [0.15, 0.2) is 30.3 Å². The quantitative estimate of drug-likeness (QED) is 0.870. The van der Waals surface area contributed by atoms with Gasteiger partial charge in [0.05, 0.1) is 12.1 Å². The van der Waals surface area contributed by atoms with Crippen LogP contribution in [0.25, 0.3) is 0 Å². The Morgan fingerprint density at radius 3 is 2.47 bits per heavy atom. The molecule has 0 saturated heterocycles. The summed E-state index contributed by atoms with van der Waals surface area (Å²) in [5, 5.41) is 7.03. The summed E-state index contributed by atoms with van der Waals surface area (Å²) in [7, 11) is 1.80.